The van der Waals surface area contributed by atoms with Gasteiger partial charge in [0.05, 0.1) is 22.0 Å². The first kappa shape index (κ1) is 35.7. The molecule has 0 spiro atoms. The highest BCUT2D eigenvalue weighted by Crippen LogP contribution is 2.60. The second-order valence-electron chi connectivity index (χ2n) is 14.8. The Kier molecular flexibility index (Phi) is 10.7. The van der Waals surface area contributed by atoms with E-state index in [0.717, 1.165) is 33.9 Å². The van der Waals surface area contributed by atoms with Crippen molar-refractivity contribution in [3.63, 3.8) is 0 Å². The Morgan fingerprint density at radius 2 is 1.49 bits per heavy atom. The van der Waals surface area contributed by atoms with Crippen molar-refractivity contribution in [2.75, 3.05) is 17.1 Å². The third kappa shape index (κ3) is 8.13. The summed E-state index contributed by atoms with van der Waals surface area (Å²) in [6.07, 6.45) is 9.74. The van der Waals surface area contributed by atoms with Crippen molar-refractivity contribution < 1.29 is 18.0 Å². The van der Waals surface area contributed by atoms with Crippen molar-refractivity contribution in [3.8, 4) is 0 Å². The van der Waals surface area contributed by atoms with Gasteiger partial charge in [0, 0.05) is 19.0 Å². The molecular formula is C39H47Cl2N3O4S. The average molecular weight is 725 g/mol. The van der Waals surface area contributed by atoms with Gasteiger partial charge in [-0.25, -0.2) is 8.42 Å². The summed E-state index contributed by atoms with van der Waals surface area (Å²) in [4.78, 5) is 29.9. The fraction of sp³-hybridized carbons (Fsp3) is 0.487. The molecule has 3 aromatic rings. The van der Waals surface area contributed by atoms with Gasteiger partial charge in [0.25, 0.3) is 0 Å². The molecule has 2 amide bonds. The summed E-state index contributed by atoms with van der Waals surface area (Å²) >= 11 is 12.6. The smallest absolute Gasteiger partial charge is 0.244 e. The minimum absolute atomic E-state index is 0.0315. The van der Waals surface area contributed by atoms with Crippen LogP contribution in [-0.4, -0.2) is 50.0 Å². The molecule has 0 saturated heterocycles. The molecule has 0 heterocycles. The van der Waals surface area contributed by atoms with Crippen LogP contribution in [0.15, 0.2) is 72.8 Å². The summed E-state index contributed by atoms with van der Waals surface area (Å²) in [5.74, 6) is 1.57. The van der Waals surface area contributed by atoms with Crippen LogP contribution in [0.5, 0.6) is 0 Å². The number of anilines is 1. The van der Waals surface area contributed by atoms with Crippen LogP contribution in [0, 0.1) is 17.8 Å². The van der Waals surface area contributed by atoms with Gasteiger partial charge in [0.1, 0.15) is 12.6 Å². The Balaban J connectivity index is 1.32. The van der Waals surface area contributed by atoms with Crippen LogP contribution in [0.25, 0.3) is 0 Å². The van der Waals surface area contributed by atoms with Crippen molar-refractivity contribution in [1.82, 2.24) is 10.2 Å². The maximum atomic E-state index is 14.5. The van der Waals surface area contributed by atoms with E-state index in [4.69, 9.17) is 23.2 Å². The molecule has 4 fully saturated rings. The molecule has 1 N–H and O–H groups in total. The zero-order chi connectivity index (χ0) is 34.9. The van der Waals surface area contributed by atoms with Gasteiger partial charge in [0.15, 0.2) is 0 Å². The third-order valence-electron chi connectivity index (χ3n) is 11.1. The van der Waals surface area contributed by atoms with E-state index < -0.39 is 28.5 Å². The number of sulfonamides is 1. The molecule has 4 aliphatic rings. The van der Waals surface area contributed by atoms with Gasteiger partial charge in [-0.1, -0.05) is 78.7 Å². The Morgan fingerprint density at radius 1 is 0.878 bits per heavy atom. The second-order valence-corrected chi connectivity index (χ2v) is 17.5. The van der Waals surface area contributed by atoms with Crippen LogP contribution in [-0.2, 0) is 38.0 Å². The number of halogens is 2. The van der Waals surface area contributed by atoms with Crippen molar-refractivity contribution in [1.29, 1.82) is 0 Å². The highest BCUT2D eigenvalue weighted by Gasteiger charge is 2.51. The highest BCUT2D eigenvalue weighted by molar-refractivity contribution is 7.92. The fourth-order valence-corrected chi connectivity index (χ4v) is 10.1. The molecule has 4 saturated carbocycles. The van der Waals surface area contributed by atoms with E-state index in [1.807, 2.05) is 56.3 Å². The quantitative estimate of drug-likeness (QED) is 0.195. The van der Waals surface area contributed by atoms with Gasteiger partial charge < -0.3 is 10.2 Å². The van der Waals surface area contributed by atoms with E-state index in [1.54, 1.807) is 18.2 Å². The van der Waals surface area contributed by atoms with E-state index in [1.165, 1.54) is 49.0 Å². The van der Waals surface area contributed by atoms with Gasteiger partial charge in [0.2, 0.25) is 21.8 Å². The predicted molar refractivity (Wildman–Crippen MR) is 197 cm³/mol. The van der Waals surface area contributed by atoms with Crippen LogP contribution >= 0.6 is 23.2 Å². The van der Waals surface area contributed by atoms with E-state index in [2.05, 4.69) is 17.4 Å². The molecule has 2 atom stereocenters. The average Bonchev–Trinajstić information content (AvgIpc) is 3.06. The molecular weight excluding hydrogens is 677 g/mol. The highest BCUT2D eigenvalue weighted by atomic mass is 35.5. The molecule has 0 unspecified atom stereocenters. The van der Waals surface area contributed by atoms with Gasteiger partial charge in [-0.15, -0.1) is 0 Å². The van der Waals surface area contributed by atoms with E-state index in [0.29, 0.717) is 27.7 Å². The van der Waals surface area contributed by atoms with Crippen molar-refractivity contribution >= 4 is 50.7 Å². The minimum atomic E-state index is -3.87. The lowest BCUT2D eigenvalue weighted by Crippen LogP contribution is -2.54. The zero-order valence-corrected chi connectivity index (χ0v) is 30.9. The third-order valence-corrected chi connectivity index (χ3v) is 13.0. The van der Waals surface area contributed by atoms with Crippen molar-refractivity contribution in [3.05, 3.63) is 99.5 Å². The Bertz CT molecular complexity index is 1730. The summed E-state index contributed by atoms with van der Waals surface area (Å²) in [7, 11) is -3.87. The summed E-state index contributed by atoms with van der Waals surface area (Å²) in [5, 5.41) is 3.76. The lowest BCUT2D eigenvalue weighted by atomic mass is 9.48. The van der Waals surface area contributed by atoms with Crippen molar-refractivity contribution in [2.24, 2.45) is 17.8 Å². The van der Waals surface area contributed by atoms with Crippen LogP contribution in [0.2, 0.25) is 10.0 Å². The number of carbonyl (C=O) groups is 2. The predicted octanol–water partition coefficient (Wildman–Crippen LogP) is 7.78. The summed E-state index contributed by atoms with van der Waals surface area (Å²) in [6, 6.07) is 21.4. The molecule has 0 radical (unpaired) electrons. The van der Waals surface area contributed by atoms with Gasteiger partial charge >= 0.3 is 0 Å². The number of rotatable bonds is 13. The summed E-state index contributed by atoms with van der Waals surface area (Å²) in [6.45, 7) is 3.47. The Hall–Kier alpha value is -3.07. The number of hydrogen-bond donors (Lipinski definition) is 1. The van der Waals surface area contributed by atoms with E-state index in [-0.39, 0.29) is 30.3 Å². The monoisotopic (exact) mass is 723 g/mol. The molecule has 0 aromatic heterocycles. The molecule has 4 bridgehead atoms. The first-order chi connectivity index (χ1) is 23.3. The summed E-state index contributed by atoms with van der Waals surface area (Å²) < 4.78 is 27.9. The molecule has 262 valence electrons. The Labute approximate surface area is 301 Å². The molecule has 4 aliphatic carbocycles. The molecule has 7 rings (SSSR count). The van der Waals surface area contributed by atoms with Crippen LogP contribution < -0.4 is 9.62 Å². The van der Waals surface area contributed by atoms with Crippen LogP contribution in [0.4, 0.5) is 5.69 Å². The number of hydrogen-bond acceptors (Lipinski definition) is 4. The van der Waals surface area contributed by atoms with E-state index >= 15 is 0 Å². The van der Waals surface area contributed by atoms with Crippen LogP contribution in [0.1, 0.15) is 75.5 Å². The maximum absolute atomic E-state index is 14.5. The summed E-state index contributed by atoms with van der Waals surface area (Å²) in [5.41, 5.74) is 3.43. The maximum Gasteiger partial charge on any atom is 0.244 e. The standard InChI is InChI=1S/C39H47Cl2N3O4S/c1-4-26(2)42-38(46)36(20-27-8-6-5-7-9-27)43(24-28-10-15-34(40)35(41)19-28)37(45)25-44(49(3,47)48)33-13-11-32(12-14-33)39-21-29-16-30(22-39)18-31(17-29)23-39/h5-15,19,26,29-31,36H,4,16-18,20-25H2,1-3H3,(H,42,46)/t26-,29?,30?,31?,36+,39?/m1/s1. The fourth-order valence-electron chi connectivity index (χ4n) is 8.89. The van der Waals surface area contributed by atoms with Crippen molar-refractivity contribution in [2.45, 2.75) is 89.3 Å². The lowest BCUT2D eigenvalue weighted by Gasteiger charge is -2.57. The normalized spacial score (nSPS) is 23.9. The largest absolute Gasteiger partial charge is 0.352 e. The van der Waals surface area contributed by atoms with Crippen LogP contribution in [0.3, 0.4) is 0 Å². The second kappa shape index (κ2) is 14.7. The molecule has 0 aliphatic heterocycles. The Morgan fingerprint density at radius 3 is 2.04 bits per heavy atom. The minimum Gasteiger partial charge on any atom is -0.352 e. The number of amides is 2. The van der Waals surface area contributed by atoms with E-state index in [9.17, 15) is 18.0 Å². The number of carbonyl (C=O) groups excluding carboxylic acids is 2. The number of nitrogens with zero attached hydrogens (tertiary/aromatic N) is 2. The molecule has 3 aromatic carbocycles. The first-order valence-corrected chi connectivity index (χ1v) is 20.1. The van der Waals surface area contributed by atoms with Gasteiger partial charge in [-0.3, -0.25) is 13.9 Å². The first-order valence-electron chi connectivity index (χ1n) is 17.5. The SMILES string of the molecule is CC[C@@H](C)NC(=O)[C@H](Cc1ccccc1)N(Cc1ccc(Cl)c(Cl)c1)C(=O)CN(c1ccc(C23CC4CC(CC(C4)C2)C3)cc1)S(C)(=O)=O. The van der Waals surface area contributed by atoms with Gasteiger partial charge in [-0.2, -0.15) is 0 Å². The molecule has 49 heavy (non-hydrogen) atoms. The topological polar surface area (TPSA) is 86.8 Å². The number of nitrogens with one attached hydrogen (secondary N) is 1. The van der Waals surface area contributed by atoms with Gasteiger partial charge in [-0.05, 0) is 116 Å². The molecule has 10 heteroatoms. The molecule has 7 nitrogen and oxygen atoms in total. The lowest BCUT2D eigenvalue weighted by molar-refractivity contribution is -0.140. The zero-order valence-electron chi connectivity index (χ0n) is 28.6. The number of benzene rings is 3.